The number of nitrogens with zero attached hydrogens (tertiary/aromatic N) is 2. The van der Waals surface area contributed by atoms with Crippen LogP contribution in [-0.2, 0) is 9.47 Å². The second kappa shape index (κ2) is 5.98. The van der Waals surface area contributed by atoms with Crippen molar-refractivity contribution in [2.75, 3.05) is 19.1 Å². The van der Waals surface area contributed by atoms with Crippen molar-refractivity contribution in [3.8, 4) is 0 Å². The van der Waals surface area contributed by atoms with Crippen molar-refractivity contribution in [1.29, 1.82) is 0 Å². The van der Waals surface area contributed by atoms with Crippen molar-refractivity contribution >= 4 is 17.6 Å². The van der Waals surface area contributed by atoms with Crippen LogP contribution < -0.4 is 5.73 Å². The Balaban J connectivity index is 2.10. The number of rotatable bonds is 4. The third-order valence-corrected chi connectivity index (χ3v) is 4.07. The van der Waals surface area contributed by atoms with Crippen LogP contribution in [0.2, 0.25) is 0 Å². The highest BCUT2D eigenvalue weighted by atomic mass is 32.2. The van der Waals surface area contributed by atoms with Gasteiger partial charge in [0.1, 0.15) is 17.9 Å². The minimum atomic E-state index is -0.0820. The average molecular weight is 283 g/mol. The van der Waals surface area contributed by atoms with E-state index in [-0.39, 0.29) is 18.4 Å². The van der Waals surface area contributed by atoms with E-state index < -0.39 is 0 Å². The van der Waals surface area contributed by atoms with E-state index in [0.717, 1.165) is 17.7 Å². The Morgan fingerprint density at radius 3 is 3.05 bits per heavy atom. The lowest BCUT2D eigenvalue weighted by molar-refractivity contribution is -0.0291. The van der Waals surface area contributed by atoms with Crippen LogP contribution in [0.15, 0.2) is 29.2 Å². The van der Waals surface area contributed by atoms with E-state index >= 15 is 0 Å². The molecule has 0 saturated carbocycles. The molecule has 1 saturated heterocycles. The third kappa shape index (κ3) is 2.96. The molecule has 0 aromatic rings. The van der Waals surface area contributed by atoms with Crippen LogP contribution in [0.3, 0.4) is 0 Å². The molecular formula is C13H21N3O2S. The van der Waals surface area contributed by atoms with Gasteiger partial charge in [0.05, 0.1) is 12.2 Å². The smallest absolute Gasteiger partial charge is 0.138 e. The van der Waals surface area contributed by atoms with E-state index in [1.165, 1.54) is 0 Å². The minimum Gasteiger partial charge on any atom is -0.383 e. The zero-order chi connectivity index (χ0) is 14.0. The summed E-state index contributed by atoms with van der Waals surface area (Å²) in [6.07, 6.45) is 4.96. The SMILES string of the molecule is C=C1N=C(N)C(C)=CN1[C@H]1CC(OC)[C@@H](CSC)O1. The summed E-state index contributed by atoms with van der Waals surface area (Å²) in [5.74, 6) is 2.06. The molecule has 0 radical (unpaired) electrons. The van der Waals surface area contributed by atoms with Crippen LogP contribution >= 0.6 is 11.8 Å². The van der Waals surface area contributed by atoms with Crippen LogP contribution in [0.5, 0.6) is 0 Å². The molecule has 2 N–H and O–H groups in total. The summed E-state index contributed by atoms with van der Waals surface area (Å²) in [5, 5.41) is 0. The molecule has 0 aromatic carbocycles. The van der Waals surface area contributed by atoms with Crippen molar-refractivity contribution in [3.63, 3.8) is 0 Å². The first kappa shape index (κ1) is 14.4. The molecule has 3 atom stereocenters. The number of hydrogen-bond donors (Lipinski definition) is 1. The first-order valence-electron chi connectivity index (χ1n) is 6.24. The summed E-state index contributed by atoms with van der Waals surface area (Å²) in [7, 11) is 1.73. The third-order valence-electron chi connectivity index (χ3n) is 3.41. The number of nitrogens with two attached hydrogens (primary N) is 1. The molecule has 2 rings (SSSR count). The molecule has 0 amide bonds. The Kier molecular flexibility index (Phi) is 4.54. The Labute approximate surface area is 118 Å². The molecule has 0 spiro atoms. The zero-order valence-corrected chi connectivity index (χ0v) is 12.4. The van der Waals surface area contributed by atoms with Gasteiger partial charge < -0.3 is 20.1 Å². The fourth-order valence-electron chi connectivity index (χ4n) is 2.32. The summed E-state index contributed by atoms with van der Waals surface area (Å²) in [6.45, 7) is 5.87. The molecule has 2 aliphatic rings. The van der Waals surface area contributed by atoms with Gasteiger partial charge in [-0.05, 0) is 13.2 Å². The van der Waals surface area contributed by atoms with Crippen LogP contribution in [-0.4, -0.2) is 48.3 Å². The summed E-state index contributed by atoms with van der Waals surface area (Å²) < 4.78 is 11.6. The van der Waals surface area contributed by atoms with Gasteiger partial charge in [0, 0.05) is 31.1 Å². The maximum atomic E-state index is 6.06. The normalized spacial score (nSPS) is 31.4. The van der Waals surface area contributed by atoms with Gasteiger partial charge >= 0.3 is 0 Å². The largest absolute Gasteiger partial charge is 0.383 e. The van der Waals surface area contributed by atoms with Crippen molar-refractivity contribution in [1.82, 2.24) is 4.90 Å². The van der Waals surface area contributed by atoms with Gasteiger partial charge in [-0.2, -0.15) is 11.8 Å². The van der Waals surface area contributed by atoms with Crippen LogP contribution in [0.25, 0.3) is 0 Å². The molecule has 5 nitrogen and oxygen atoms in total. The predicted octanol–water partition coefficient (Wildman–Crippen LogP) is 1.53. The van der Waals surface area contributed by atoms with Crippen LogP contribution in [0.4, 0.5) is 0 Å². The van der Waals surface area contributed by atoms with E-state index in [9.17, 15) is 0 Å². The second-order valence-corrected chi connectivity index (χ2v) is 5.64. The Morgan fingerprint density at radius 2 is 2.42 bits per heavy atom. The van der Waals surface area contributed by atoms with E-state index in [0.29, 0.717) is 11.7 Å². The van der Waals surface area contributed by atoms with Gasteiger partial charge in [-0.25, -0.2) is 4.99 Å². The van der Waals surface area contributed by atoms with Crippen LogP contribution in [0.1, 0.15) is 13.3 Å². The summed E-state index contributed by atoms with van der Waals surface area (Å²) >= 11 is 1.76. The highest BCUT2D eigenvalue weighted by Crippen LogP contribution is 2.31. The summed E-state index contributed by atoms with van der Waals surface area (Å²) in [4.78, 5) is 6.19. The zero-order valence-electron chi connectivity index (χ0n) is 11.6. The molecule has 106 valence electrons. The summed E-state index contributed by atoms with van der Waals surface area (Å²) in [5.41, 5.74) is 6.71. The molecule has 1 fully saturated rings. The molecule has 2 aliphatic heterocycles. The Bertz CT molecular complexity index is 422. The molecule has 19 heavy (non-hydrogen) atoms. The quantitative estimate of drug-likeness (QED) is 0.848. The molecule has 0 aromatic heterocycles. The Hall–Kier alpha value is -0.980. The van der Waals surface area contributed by atoms with Crippen molar-refractivity contribution < 1.29 is 9.47 Å². The van der Waals surface area contributed by atoms with Gasteiger partial charge in [0.25, 0.3) is 0 Å². The Morgan fingerprint density at radius 1 is 1.68 bits per heavy atom. The number of hydrogen-bond acceptors (Lipinski definition) is 6. The first-order chi connectivity index (χ1) is 9.06. The first-order valence-corrected chi connectivity index (χ1v) is 7.63. The number of methoxy groups -OCH3 is 1. The number of amidine groups is 1. The molecule has 6 heteroatoms. The molecular weight excluding hydrogens is 262 g/mol. The second-order valence-electron chi connectivity index (χ2n) is 4.73. The maximum Gasteiger partial charge on any atom is 0.138 e. The number of ether oxygens (including phenoxy) is 2. The summed E-state index contributed by atoms with van der Waals surface area (Å²) in [6, 6.07) is 0. The molecule has 0 aliphatic carbocycles. The van der Waals surface area contributed by atoms with E-state index in [2.05, 4.69) is 17.8 Å². The van der Waals surface area contributed by atoms with Gasteiger partial charge in [-0.1, -0.05) is 6.58 Å². The molecule has 2 heterocycles. The number of thioether (sulfide) groups is 1. The lowest BCUT2D eigenvalue weighted by Gasteiger charge is -2.30. The van der Waals surface area contributed by atoms with Crippen LogP contribution in [0, 0.1) is 0 Å². The van der Waals surface area contributed by atoms with Crippen molar-refractivity contribution in [3.05, 3.63) is 24.2 Å². The fraction of sp³-hybridized carbons (Fsp3) is 0.615. The monoisotopic (exact) mass is 283 g/mol. The van der Waals surface area contributed by atoms with Gasteiger partial charge in [0.2, 0.25) is 0 Å². The van der Waals surface area contributed by atoms with Crippen molar-refractivity contribution in [2.24, 2.45) is 10.7 Å². The van der Waals surface area contributed by atoms with Gasteiger partial charge in [0.15, 0.2) is 0 Å². The van der Waals surface area contributed by atoms with E-state index in [1.807, 2.05) is 18.0 Å². The van der Waals surface area contributed by atoms with E-state index in [1.54, 1.807) is 18.9 Å². The predicted molar refractivity (Wildman–Crippen MR) is 78.8 cm³/mol. The lowest BCUT2D eigenvalue weighted by atomic mass is 10.2. The minimum absolute atomic E-state index is 0.0820. The fourth-order valence-corrected chi connectivity index (χ4v) is 2.94. The maximum absolute atomic E-state index is 6.06. The van der Waals surface area contributed by atoms with Gasteiger partial charge in [-0.3, -0.25) is 0 Å². The molecule has 0 bridgehead atoms. The molecule has 1 unspecified atom stereocenters. The lowest BCUT2D eigenvalue weighted by Crippen LogP contribution is -2.34. The standard InChI is InChI=1S/C13H21N3O2S/c1-8-6-16(9(2)15-13(8)14)12-5-10(17-3)11(18-12)7-19-4/h6,10-12H,2,5,7H2,1,3-4H3,(H2,14,15)/t10?,11-,12-/m1/s1. The highest BCUT2D eigenvalue weighted by Gasteiger charge is 2.38. The highest BCUT2D eigenvalue weighted by molar-refractivity contribution is 7.98. The van der Waals surface area contributed by atoms with Gasteiger partial charge in [-0.15, -0.1) is 0 Å². The van der Waals surface area contributed by atoms with Crippen molar-refractivity contribution in [2.45, 2.75) is 31.8 Å². The van der Waals surface area contributed by atoms with E-state index in [4.69, 9.17) is 15.2 Å². The topological polar surface area (TPSA) is 60.1 Å². The number of aliphatic imine (C=N–C) groups is 1. The average Bonchev–Trinajstić information content (AvgIpc) is 2.77.